The number of carbonyl (C=O) groups is 1. The van der Waals surface area contributed by atoms with Crippen LogP contribution in [0, 0.1) is 6.92 Å². The monoisotopic (exact) mass is 223 g/mol. The number of amides is 1. The number of anilines is 1. The summed E-state index contributed by atoms with van der Waals surface area (Å²) in [7, 11) is 0. The summed E-state index contributed by atoms with van der Waals surface area (Å²) in [5.41, 5.74) is 1.35. The van der Waals surface area contributed by atoms with E-state index in [1.807, 2.05) is 6.92 Å². The molecule has 0 saturated heterocycles. The molecule has 88 valence electrons. The van der Waals surface area contributed by atoms with Gasteiger partial charge in [-0.15, -0.1) is 0 Å². The van der Waals surface area contributed by atoms with Gasteiger partial charge in [-0.25, -0.2) is 0 Å². The maximum Gasteiger partial charge on any atom is 0.262 e. The maximum atomic E-state index is 10.9. The lowest BCUT2D eigenvalue weighted by Gasteiger charge is -2.19. The Bertz CT molecular complexity index is 388. The van der Waals surface area contributed by atoms with Gasteiger partial charge in [-0.3, -0.25) is 4.79 Å². The highest BCUT2D eigenvalue weighted by molar-refractivity contribution is 5.96. The number of fused-ring (bicyclic) bond motifs is 1. The molecule has 0 unspecified atom stereocenters. The molecule has 1 heterocycles. The maximum absolute atomic E-state index is 10.9. The van der Waals surface area contributed by atoms with Crippen molar-refractivity contribution in [1.29, 1.82) is 0 Å². The fourth-order valence-corrected chi connectivity index (χ4v) is 1.36. The molecule has 1 aliphatic rings. The van der Waals surface area contributed by atoms with Crippen molar-refractivity contribution in [2.24, 2.45) is 0 Å². The zero-order valence-electron chi connectivity index (χ0n) is 9.83. The van der Waals surface area contributed by atoms with E-state index in [1.54, 1.807) is 6.07 Å². The van der Waals surface area contributed by atoms with Gasteiger partial charge in [-0.05, 0) is 18.6 Å². The van der Waals surface area contributed by atoms with Gasteiger partial charge in [0, 0.05) is 6.07 Å². The molecule has 0 bridgehead atoms. The molecular weight excluding hydrogens is 206 g/mol. The fourth-order valence-electron chi connectivity index (χ4n) is 1.36. The normalized spacial score (nSPS) is 12.8. The van der Waals surface area contributed by atoms with Crippen LogP contribution in [0.4, 0.5) is 5.69 Å². The lowest BCUT2D eigenvalue weighted by molar-refractivity contribution is -0.118. The first-order valence-corrected chi connectivity index (χ1v) is 5.34. The molecule has 0 spiro atoms. The van der Waals surface area contributed by atoms with E-state index < -0.39 is 0 Å². The predicted octanol–water partition coefficient (Wildman–Crippen LogP) is 2.45. The van der Waals surface area contributed by atoms with Gasteiger partial charge in [-0.1, -0.05) is 20.3 Å². The summed E-state index contributed by atoms with van der Waals surface area (Å²) in [6.45, 7) is 6.11. The zero-order chi connectivity index (χ0) is 12.1. The SMILES string of the molecule is CCC.Cc1cc(O)cc2c1OCC(=O)N2. The van der Waals surface area contributed by atoms with Gasteiger partial charge in [-0.2, -0.15) is 0 Å². The van der Waals surface area contributed by atoms with Crippen LogP contribution in [0.15, 0.2) is 12.1 Å². The average Bonchev–Trinajstić information content (AvgIpc) is 2.17. The third kappa shape index (κ3) is 2.89. The third-order valence-corrected chi connectivity index (χ3v) is 1.88. The zero-order valence-corrected chi connectivity index (χ0v) is 9.83. The number of hydrogen-bond acceptors (Lipinski definition) is 3. The second kappa shape index (κ2) is 5.39. The lowest BCUT2D eigenvalue weighted by atomic mass is 10.1. The summed E-state index contributed by atoms with van der Waals surface area (Å²) in [6.07, 6.45) is 1.25. The number of nitrogens with one attached hydrogen (secondary N) is 1. The van der Waals surface area contributed by atoms with Gasteiger partial charge in [0.1, 0.15) is 11.5 Å². The summed E-state index contributed by atoms with van der Waals surface area (Å²) < 4.78 is 5.20. The molecule has 2 rings (SSSR count). The minimum Gasteiger partial charge on any atom is -0.508 e. The Hall–Kier alpha value is -1.71. The van der Waals surface area contributed by atoms with E-state index in [-0.39, 0.29) is 18.3 Å². The third-order valence-electron chi connectivity index (χ3n) is 1.88. The second-order valence-electron chi connectivity index (χ2n) is 3.68. The molecule has 4 nitrogen and oxygen atoms in total. The van der Waals surface area contributed by atoms with E-state index in [1.165, 1.54) is 12.5 Å². The van der Waals surface area contributed by atoms with Gasteiger partial charge < -0.3 is 15.2 Å². The van der Waals surface area contributed by atoms with Crippen molar-refractivity contribution in [2.45, 2.75) is 27.2 Å². The van der Waals surface area contributed by atoms with E-state index in [0.717, 1.165) is 5.56 Å². The quantitative estimate of drug-likeness (QED) is 0.710. The molecule has 0 fully saturated rings. The van der Waals surface area contributed by atoms with E-state index >= 15 is 0 Å². The minimum absolute atomic E-state index is 0.0403. The topological polar surface area (TPSA) is 58.6 Å². The van der Waals surface area contributed by atoms with Crippen molar-refractivity contribution >= 4 is 11.6 Å². The van der Waals surface area contributed by atoms with Crippen molar-refractivity contribution < 1.29 is 14.6 Å². The lowest BCUT2D eigenvalue weighted by Crippen LogP contribution is -2.25. The van der Waals surface area contributed by atoms with Crippen LogP contribution in [0.2, 0.25) is 0 Å². The molecule has 1 amide bonds. The van der Waals surface area contributed by atoms with E-state index in [2.05, 4.69) is 19.2 Å². The van der Waals surface area contributed by atoms with Gasteiger partial charge in [0.25, 0.3) is 5.91 Å². The molecule has 0 radical (unpaired) electrons. The Balaban J connectivity index is 0.000000386. The van der Waals surface area contributed by atoms with Crippen LogP contribution in [-0.2, 0) is 4.79 Å². The van der Waals surface area contributed by atoms with Crippen LogP contribution in [0.3, 0.4) is 0 Å². The van der Waals surface area contributed by atoms with Crippen LogP contribution in [-0.4, -0.2) is 17.6 Å². The van der Waals surface area contributed by atoms with Crippen molar-refractivity contribution in [2.75, 3.05) is 11.9 Å². The van der Waals surface area contributed by atoms with Gasteiger partial charge >= 0.3 is 0 Å². The Labute approximate surface area is 95.2 Å². The minimum atomic E-state index is -0.197. The average molecular weight is 223 g/mol. The van der Waals surface area contributed by atoms with Crippen molar-refractivity contribution in [3.8, 4) is 11.5 Å². The van der Waals surface area contributed by atoms with Crippen LogP contribution in [0.1, 0.15) is 25.8 Å². The van der Waals surface area contributed by atoms with Crippen LogP contribution >= 0.6 is 0 Å². The molecule has 0 saturated carbocycles. The highest BCUT2D eigenvalue weighted by atomic mass is 16.5. The van der Waals surface area contributed by atoms with E-state index in [4.69, 9.17) is 4.74 Å². The van der Waals surface area contributed by atoms with Crippen molar-refractivity contribution in [3.05, 3.63) is 17.7 Å². The number of rotatable bonds is 0. The standard InChI is InChI=1S/C9H9NO3.C3H8/c1-5-2-6(11)3-7-9(5)13-4-8(12)10-7;1-3-2/h2-3,11H,4H2,1H3,(H,10,12);3H2,1-2H3. The summed E-state index contributed by atoms with van der Waals surface area (Å²) in [6, 6.07) is 3.07. The smallest absolute Gasteiger partial charge is 0.262 e. The van der Waals surface area contributed by atoms with Crippen molar-refractivity contribution in [3.63, 3.8) is 0 Å². The van der Waals surface area contributed by atoms with E-state index in [0.29, 0.717) is 11.4 Å². The highest BCUT2D eigenvalue weighted by Crippen LogP contribution is 2.34. The summed E-state index contributed by atoms with van der Waals surface area (Å²) in [5.74, 6) is 0.567. The first-order chi connectivity index (χ1) is 7.58. The first kappa shape index (κ1) is 12.4. The molecule has 0 atom stereocenters. The van der Waals surface area contributed by atoms with Gasteiger partial charge in [0.15, 0.2) is 6.61 Å². The molecule has 0 aromatic heterocycles. The Morgan fingerprint density at radius 1 is 1.44 bits per heavy atom. The Morgan fingerprint density at radius 2 is 2.06 bits per heavy atom. The largest absolute Gasteiger partial charge is 0.508 e. The molecule has 0 aliphatic carbocycles. The summed E-state index contributed by atoms with van der Waals surface area (Å²) in [4.78, 5) is 10.9. The number of phenols is 1. The first-order valence-electron chi connectivity index (χ1n) is 5.34. The molecular formula is C12H17NO3. The Kier molecular flexibility index (Phi) is 4.17. The van der Waals surface area contributed by atoms with Gasteiger partial charge in [0.2, 0.25) is 0 Å². The van der Waals surface area contributed by atoms with Crippen LogP contribution in [0.25, 0.3) is 0 Å². The molecule has 2 N–H and O–H groups in total. The van der Waals surface area contributed by atoms with E-state index in [9.17, 15) is 9.90 Å². The number of benzene rings is 1. The molecule has 4 heteroatoms. The number of phenolic OH excluding ortho intramolecular Hbond substituents is 1. The molecule has 1 aromatic rings. The second-order valence-corrected chi connectivity index (χ2v) is 3.68. The van der Waals surface area contributed by atoms with Crippen LogP contribution in [0.5, 0.6) is 11.5 Å². The van der Waals surface area contributed by atoms with Crippen molar-refractivity contribution in [1.82, 2.24) is 0 Å². The summed E-state index contributed by atoms with van der Waals surface area (Å²) in [5, 5.41) is 11.9. The number of hydrogen-bond donors (Lipinski definition) is 2. The molecule has 1 aliphatic heterocycles. The highest BCUT2D eigenvalue weighted by Gasteiger charge is 2.18. The summed E-state index contributed by atoms with van der Waals surface area (Å²) >= 11 is 0. The number of aromatic hydroxyl groups is 1. The van der Waals surface area contributed by atoms with Gasteiger partial charge in [0.05, 0.1) is 5.69 Å². The predicted molar refractivity (Wildman–Crippen MR) is 62.9 cm³/mol. The molecule has 16 heavy (non-hydrogen) atoms. The Morgan fingerprint density at radius 3 is 2.69 bits per heavy atom. The number of ether oxygens (including phenoxy) is 1. The number of carbonyl (C=O) groups excluding carboxylic acids is 1. The number of aryl methyl sites for hydroxylation is 1. The molecule has 1 aromatic carbocycles. The fraction of sp³-hybridized carbons (Fsp3) is 0.417. The van der Waals surface area contributed by atoms with Crippen LogP contribution < -0.4 is 10.1 Å².